The minimum atomic E-state index is -3.81. The lowest BCUT2D eigenvalue weighted by molar-refractivity contribution is 0.0690. The average molecular weight is 306 g/mol. The Morgan fingerprint density at radius 2 is 1.76 bits per heavy atom. The number of pyridine rings is 1. The van der Waals surface area contributed by atoms with Gasteiger partial charge in [0.2, 0.25) is 0 Å². The molecule has 0 atom stereocenters. The van der Waals surface area contributed by atoms with Crippen molar-refractivity contribution >= 4 is 21.8 Å². The predicted molar refractivity (Wildman–Crippen MR) is 77.9 cm³/mol. The molecule has 2 N–H and O–H groups in total. The summed E-state index contributed by atoms with van der Waals surface area (Å²) in [5.74, 6) is -1.25. The third-order valence-electron chi connectivity index (χ3n) is 2.71. The van der Waals surface area contributed by atoms with Crippen LogP contribution in [0.5, 0.6) is 0 Å². The van der Waals surface area contributed by atoms with Crippen molar-refractivity contribution in [3.8, 4) is 0 Å². The van der Waals surface area contributed by atoms with E-state index in [0.717, 1.165) is 11.1 Å². The van der Waals surface area contributed by atoms with E-state index < -0.39 is 16.0 Å². The quantitative estimate of drug-likeness (QED) is 0.902. The van der Waals surface area contributed by atoms with Crippen molar-refractivity contribution in [3.05, 3.63) is 53.2 Å². The van der Waals surface area contributed by atoms with Gasteiger partial charge in [-0.25, -0.2) is 18.2 Å². The van der Waals surface area contributed by atoms with E-state index in [1.807, 2.05) is 6.07 Å². The molecule has 7 heteroatoms. The van der Waals surface area contributed by atoms with Crippen LogP contribution in [0, 0.1) is 13.8 Å². The molecule has 0 spiro atoms. The lowest BCUT2D eigenvalue weighted by Crippen LogP contribution is -2.15. The van der Waals surface area contributed by atoms with E-state index >= 15 is 0 Å². The molecule has 0 aliphatic carbocycles. The van der Waals surface area contributed by atoms with Crippen LogP contribution in [0.3, 0.4) is 0 Å². The molecule has 1 aromatic heterocycles. The number of benzene rings is 1. The summed E-state index contributed by atoms with van der Waals surface area (Å²) in [6, 6.07) is 9.05. The maximum absolute atomic E-state index is 12.3. The summed E-state index contributed by atoms with van der Waals surface area (Å²) < 4.78 is 26.9. The Bertz CT molecular complexity index is 780. The number of anilines is 1. The minimum Gasteiger partial charge on any atom is -0.477 e. The number of nitrogens with zero attached hydrogens (tertiary/aromatic N) is 1. The molecule has 110 valence electrons. The maximum atomic E-state index is 12.3. The number of nitrogens with one attached hydrogen (secondary N) is 1. The van der Waals surface area contributed by atoms with Gasteiger partial charge in [0.1, 0.15) is 5.82 Å². The number of aromatic carboxylic acids is 1. The van der Waals surface area contributed by atoms with Crippen LogP contribution in [0.15, 0.2) is 41.3 Å². The van der Waals surface area contributed by atoms with Gasteiger partial charge in [0.15, 0.2) is 5.69 Å². The first-order chi connectivity index (χ1) is 9.78. The molecule has 1 heterocycles. The third kappa shape index (κ3) is 3.57. The van der Waals surface area contributed by atoms with Gasteiger partial charge in [0.25, 0.3) is 10.0 Å². The summed E-state index contributed by atoms with van der Waals surface area (Å²) >= 11 is 0. The Kier molecular flexibility index (Phi) is 3.95. The van der Waals surface area contributed by atoms with E-state index in [2.05, 4.69) is 9.71 Å². The summed E-state index contributed by atoms with van der Waals surface area (Å²) in [5, 5.41) is 8.86. The van der Waals surface area contributed by atoms with Gasteiger partial charge in [-0.15, -0.1) is 0 Å². The monoisotopic (exact) mass is 306 g/mol. The summed E-state index contributed by atoms with van der Waals surface area (Å²) in [5.41, 5.74) is 1.42. The molecule has 0 aliphatic heterocycles. The highest BCUT2D eigenvalue weighted by Crippen LogP contribution is 2.18. The summed E-state index contributed by atoms with van der Waals surface area (Å²) in [6.07, 6.45) is 0. The molecule has 0 saturated carbocycles. The molecule has 0 bridgehead atoms. The van der Waals surface area contributed by atoms with E-state index in [1.54, 1.807) is 13.8 Å². The predicted octanol–water partition coefficient (Wildman–Crippen LogP) is 2.20. The number of hydrogen-bond donors (Lipinski definition) is 2. The van der Waals surface area contributed by atoms with Gasteiger partial charge < -0.3 is 5.11 Å². The van der Waals surface area contributed by atoms with E-state index in [4.69, 9.17) is 5.11 Å². The Labute approximate surface area is 122 Å². The van der Waals surface area contributed by atoms with Gasteiger partial charge in [-0.3, -0.25) is 4.72 Å². The number of hydrogen-bond acceptors (Lipinski definition) is 4. The topological polar surface area (TPSA) is 96.4 Å². The molecule has 0 unspecified atom stereocenters. The van der Waals surface area contributed by atoms with E-state index in [1.165, 1.54) is 30.3 Å². The number of carboxylic acid groups (broad SMARTS) is 1. The first kappa shape index (κ1) is 15.0. The molecule has 21 heavy (non-hydrogen) atoms. The van der Waals surface area contributed by atoms with E-state index in [0.29, 0.717) is 0 Å². The Balaban J connectivity index is 2.37. The first-order valence-electron chi connectivity index (χ1n) is 6.09. The largest absolute Gasteiger partial charge is 0.477 e. The van der Waals surface area contributed by atoms with Crippen molar-refractivity contribution < 1.29 is 18.3 Å². The minimum absolute atomic E-state index is 0.0333. The van der Waals surface area contributed by atoms with Crippen LogP contribution in [0.1, 0.15) is 21.6 Å². The standard InChI is InChI=1S/C14H14N2O4S/c1-9-6-10(2)8-11(7-9)21(19,20)16-13-5-3-4-12(15-13)14(17)18/h3-8H,1-2H3,(H,15,16)(H,17,18). The van der Waals surface area contributed by atoms with Crippen LogP contribution in [0.25, 0.3) is 0 Å². The van der Waals surface area contributed by atoms with Crippen LogP contribution in [-0.2, 0) is 10.0 Å². The van der Waals surface area contributed by atoms with Crippen LogP contribution in [0.4, 0.5) is 5.82 Å². The van der Waals surface area contributed by atoms with Crippen molar-refractivity contribution in [2.75, 3.05) is 4.72 Å². The number of aryl methyl sites for hydroxylation is 2. The summed E-state index contributed by atoms with van der Waals surface area (Å²) in [7, 11) is -3.81. The van der Waals surface area contributed by atoms with E-state index in [-0.39, 0.29) is 16.4 Å². The fourth-order valence-corrected chi connectivity index (χ4v) is 3.08. The fourth-order valence-electron chi connectivity index (χ4n) is 1.90. The molecule has 6 nitrogen and oxygen atoms in total. The molecular formula is C14H14N2O4S. The second-order valence-corrected chi connectivity index (χ2v) is 6.32. The molecule has 0 aliphatic rings. The van der Waals surface area contributed by atoms with Gasteiger partial charge in [-0.05, 0) is 49.2 Å². The van der Waals surface area contributed by atoms with Gasteiger partial charge >= 0.3 is 5.97 Å². The van der Waals surface area contributed by atoms with Gasteiger partial charge in [0.05, 0.1) is 4.90 Å². The Morgan fingerprint density at radius 3 is 2.33 bits per heavy atom. The molecule has 1 aromatic carbocycles. The summed E-state index contributed by atoms with van der Waals surface area (Å²) in [6.45, 7) is 3.60. The highest BCUT2D eigenvalue weighted by atomic mass is 32.2. The van der Waals surface area contributed by atoms with Crippen molar-refractivity contribution in [1.82, 2.24) is 4.98 Å². The number of carboxylic acids is 1. The van der Waals surface area contributed by atoms with Crippen LogP contribution < -0.4 is 4.72 Å². The van der Waals surface area contributed by atoms with E-state index in [9.17, 15) is 13.2 Å². The van der Waals surface area contributed by atoms with Crippen LogP contribution in [0.2, 0.25) is 0 Å². The molecule has 2 aromatic rings. The van der Waals surface area contributed by atoms with Crippen molar-refractivity contribution in [1.29, 1.82) is 0 Å². The SMILES string of the molecule is Cc1cc(C)cc(S(=O)(=O)Nc2cccc(C(=O)O)n2)c1. The zero-order valence-electron chi connectivity index (χ0n) is 11.5. The second kappa shape index (κ2) is 5.53. The molecule has 0 radical (unpaired) electrons. The number of aromatic nitrogens is 1. The Morgan fingerprint density at radius 1 is 1.14 bits per heavy atom. The van der Waals surface area contributed by atoms with Crippen LogP contribution >= 0.6 is 0 Å². The highest BCUT2D eigenvalue weighted by molar-refractivity contribution is 7.92. The molecular weight excluding hydrogens is 292 g/mol. The van der Waals surface area contributed by atoms with Crippen LogP contribution in [-0.4, -0.2) is 24.5 Å². The maximum Gasteiger partial charge on any atom is 0.354 e. The number of sulfonamides is 1. The highest BCUT2D eigenvalue weighted by Gasteiger charge is 2.16. The van der Waals surface area contributed by atoms with Gasteiger partial charge in [-0.1, -0.05) is 12.1 Å². The zero-order valence-corrected chi connectivity index (χ0v) is 12.3. The summed E-state index contributed by atoms with van der Waals surface area (Å²) in [4.78, 5) is 14.7. The Hall–Kier alpha value is -2.41. The van der Waals surface area contributed by atoms with Gasteiger partial charge in [-0.2, -0.15) is 0 Å². The lowest BCUT2D eigenvalue weighted by Gasteiger charge is -2.09. The molecule has 2 rings (SSSR count). The smallest absolute Gasteiger partial charge is 0.354 e. The zero-order chi connectivity index (χ0) is 15.6. The average Bonchev–Trinajstić information content (AvgIpc) is 2.37. The number of rotatable bonds is 4. The molecule has 0 amide bonds. The second-order valence-electron chi connectivity index (χ2n) is 4.64. The normalized spacial score (nSPS) is 11.1. The van der Waals surface area contributed by atoms with Gasteiger partial charge in [0, 0.05) is 0 Å². The van der Waals surface area contributed by atoms with Crippen molar-refractivity contribution in [3.63, 3.8) is 0 Å². The third-order valence-corrected chi connectivity index (χ3v) is 4.05. The molecule has 0 saturated heterocycles. The lowest BCUT2D eigenvalue weighted by atomic mass is 10.2. The van der Waals surface area contributed by atoms with Crippen molar-refractivity contribution in [2.24, 2.45) is 0 Å². The molecule has 0 fully saturated rings. The fraction of sp³-hybridized carbons (Fsp3) is 0.143. The number of carbonyl (C=O) groups is 1. The first-order valence-corrected chi connectivity index (χ1v) is 7.58. The van der Waals surface area contributed by atoms with Crippen molar-refractivity contribution in [2.45, 2.75) is 18.7 Å².